The number of thiazole rings is 1. The van der Waals surface area contributed by atoms with Gasteiger partial charge in [0.1, 0.15) is 15.6 Å². The molecule has 0 atom stereocenters. The fraction of sp³-hybridized carbons (Fsp3) is 0.208. The van der Waals surface area contributed by atoms with Gasteiger partial charge in [0, 0.05) is 12.6 Å². The van der Waals surface area contributed by atoms with Crippen LogP contribution in [0.2, 0.25) is 0 Å². The number of carbonyl (C=O) groups is 1. The molecule has 0 aliphatic carbocycles. The topological polar surface area (TPSA) is 71.8 Å². The van der Waals surface area contributed by atoms with Gasteiger partial charge in [0.15, 0.2) is 11.6 Å². The lowest BCUT2D eigenvalue weighted by Crippen LogP contribution is -1.94. The second kappa shape index (κ2) is 13.1. The van der Waals surface area contributed by atoms with Gasteiger partial charge in [0.25, 0.3) is 0 Å². The number of allylic oxidation sites excluding steroid dienone is 2. The maximum Gasteiger partial charge on any atom is 0.347 e. The van der Waals surface area contributed by atoms with E-state index < -0.39 is 11.8 Å². The monoisotopic (exact) mass is 442 g/mol. The Morgan fingerprint density at radius 3 is 2.26 bits per heavy atom. The lowest BCUT2D eigenvalue weighted by Gasteiger charge is -2.10. The van der Waals surface area contributed by atoms with Crippen molar-refractivity contribution in [2.75, 3.05) is 7.05 Å². The third-order valence-corrected chi connectivity index (χ3v) is 5.00. The van der Waals surface area contributed by atoms with Gasteiger partial charge in [-0.25, -0.2) is 14.2 Å². The Kier molecular flexibility index (Phi) is 10.8. The van der Waals surface area contributed by atoms with Crippen LogP contribution < -0.4 is 4.74 Å². The summed E-state index contributed by atoms with van der Waals surface area (Å²) in [5, 5.41) is 9.76. The summed E-state index contributed by atoms with van der Waals surface area (Å²) in [5.41, 5.74) is 2.10. The van der Waals surface area contributed by atoms with E-state index in [1.807, 2.05) is 39.0 Å². The van der Waals surface area contributed by atoms with E-state index in [1.165, 1.54) is 6.07 Å². The number of halogens is 1. The van der Waals surface area contributed by atoms with Crippen LogP contribution in [0.3, 0.4) is 0 Å². The number of aromatic carboxylic acids is 1. The molecule has 0 radical (unpaired) electrons. The minimum absolute atomic E-state index is 0.159. The zero-order valence-electron chi connectivity index (χ0n) is 18.3. The number of rotatable bonds is 4. The predicted molar refractivity (Wildman–Crippen MR) is 126 cm³/mol. The molecule has 1 N–H and O–H groups in total. The van der Waals surface area contributed by atoms with Crippen molar-refractivity contribution in [3.05, 3.63) is 76.6 Å². The number of ether oxygens (including phenoxy) is 1. The molecule has 7 heteroatoms. The highest BCUT2D eigenvalue weighted by Crippen LogP contribution is 2.33. The summed E-state index contributed by atoms with van der Waals surface area (Å²) < 4.78 is 19.3. The zero-order chi connectivity index (χ0) is 23.4. The van der Waals surface area contributed by atoms with Crippen LogP contribution in [0.4, 0.5) is 4.39 Å². The van der Waals surface area contributed by atoms with Crippen molar-refractivity contribution in [1.29, 1.82) is 0 Å². The van der Waals surface area contributed by atoms with Crippen LogP contribution in [-0.2, 0) is 0 Å². The van der Waals surface area contributed by atoms with Gasteiger partial charge < -0.3 is 14.8 Å². The van der Waals surface area contributed by atoms with Crippen molar-refractivity contribution in [3.8, 4) is 22.1 Å². The van der Waals surface area contributed by atoms with Crippen LogP contribution >= 0.6 is 11.3 Å². The van der Waals surface area contributed by atoms with Crippen molar-refractivity contribution in [3.63, 3.8) is 0 Å². The number of para-hydroxylation sites is 1. The standard InChI is InChI=1S/C18H14FNO3S.C4H8.C2H5N/c1-10-9-12(17-20-11(2)16(24-17)18(21)22)7-8-14(10)23-15-6-4-3-5-13(15)19;1-3-4-2;1-3-2/h3-9H,1-2H3,(H,21,22);3-4H,1-2H3;1H2,2H3/b;4-3-;. The molecule has 0 fully saturated rings. The SMILES string of the molecule is C/C=C\C.C=NC.Cc1cc(-c2nc(C)c(C(=O)O)s2)ccc1Oc1ccccc1F. The van der Waals surface area contributed by atoms with E-state index in [4.69, 9.17) is 9.84 Å². The van der Waals surface area contributed by atoms with Crippen molar-refractivity contribution < 1.29 is 19.0 Å². The van der Waals surface area contributed by atoms with E-state index in [1.54, 1.807) is 44.3 Å². The first kappa shape index (κ1) is 25.7. The van der Waals surface area contributed by atoms with Crippen LogP contribution in [0, 0.1) is 19.7 Å². The largest absolute Gasteiger partial charge is 0.477 e. The van der Waals surface area contributed by atoms with Crippen molar-refractivity contribution in [2.45, 2.75) is 27.7 Å². The summed E-state index contributed by atoms with van der Waals surface area (Å²) in [6.07, 6.45) is 4.00. The maximum atomic E-state index is 13.7. The fourth-order valence-corrected chi connectivity index (χ4v) is 3.16. The molecule has 2 aromatic carbocycles. The van der Waals surface area contributed by atoms with Gasteiger partial charge in [-0.05, 0) is 70.3 Å². The number of benzene rings is 2. The lowest BCUT2D eigenvalue weighted by atomic mass is 10.1. The van der Waals surface area contributed by atoms with Gasteiger partial charge >= 0.3 is 5.97 Å². The van der Waals surface area contributed by atoms with Crippen LogP contribution in [0.1, 0.15) is 34.8 Å². The Morgan fingerprint density at radius 1 is 1.16 bits per heavy atom. The molecule has 3 rings (SSSR count). The number of nitrogens with zero attached hydrogens (tertiary/aromatic N) is 2. The molecule has 164 valence electrons. The smallest absolute Gasteiger partial charge is 0.347 e. The number of hydrogen-bond donors (Lipinski definition) is 1. The highest BCUT2D eigenvalue weighted by Gasteiger charge is 2.16. The van der Waals surface area contributed by atoms with Crippen LogP contribution in [-0.4, -0.2) is 29.8 Å². The first-order valence-corrected chi connectivity index (χ1v) is 10.3. The predicted octanol–water partition coefficient (Wildman–Crippen LogP) is 6.96. The lowest BCUT2D eigenvalue weighted by molar-refractivity contribution is 0.0701. The first-order valence-electron chi connectivity index (χ1n) is 9.45. The number of hydrogen-bond acceptors (Lipinski definition) is 5. The Bertz CT molecular complexity index is 1040. The molecule has 31 heavy (non-hydrogen) atoms. The molecule has 0 spiro atoms. The summed E-state index contributed by atoms with van der Waals surface area (Å²) in [5.74, 6) is -0.711. The molecule has 1 aromatic heterocycles. The highest BCUT2D eigenvalue weighted by atomic mass is 32.1. The average molecular weight is 443 g/mol. The van der Waals surface area contributed by atoms with Gasteiger partial charge in [-0.2, -0.15) is 0 Å². The molecule has 1 heterocycles. The third kappa shape index (κ3) is 7.79. The van der Waals surface area contributed by atoms with Crippen LogP contribution in [0.5, 0.6) is 11.5 Å². The van der Waals surface area contributed by atoms with Crippen LogP contribution in [0.15, 0.2) is 59.6 Å². The van der Waals surface area contributed by atoms with Gasteiger partial charge in [-0.1, -0.05) is 24.3 Å². The molecule has 0 saturated heterocycles. The second-order valence-corrected chi connectivity index (χ2v) is 7.23. The van der Waals surface area contributed by atoms with Crippen molar-refractivity contribution in [1.82, 2.24) is 4.98 Å². The van der Waals surface area contributed by atoms with Gasteiger partial charge in [0.05, 0.1) is 5.69 Å². The molecule has 0 saturated carbocycles. The highest BCUT2D eigenvalue weighted by molar-refractivity contribution is 7.17. The molecule has 0 amide bonds. The number of carboxylic acids is 1. The molecule has 0 aliphatic heterocycles. The zero-order valence-corrected chi connectivity index (χ0v) is 19.2. The van der Waals surface area contributed by atoms with E-state index >= 15 is 0 Å². The molecule has 0 unspecified atom stereocenters. The molecule has 3 aromatic rings. The normalized spacial score (nSPS) is 9.87. The molecule has 5 nitrogen and oxygen atoms in total. The summed E-state index contributed by atoms with van der Waals surface area (Å²) in [7, 11) is 1.64. The summed E-state index contributed by atoms with van der Waals surface area (Å²) in [6, 6.07) is 11.6. The minimum atomic E-state index is -0.979. The quantitative estimate of drug-likeness (QED) is 0.350. The Morgan fingerprint density at radius 2 is 1.77 bits per heavy atom. The van der Waals surface area contributed by atoms with E-state index in [2.05, 4.69) is 16.7 Å². The number of carboxylic acid groups (broad SMARTS) is 1. The van der Waals surface area contributed by atoms with Gasteiger partial charge in [-0.15, -0.1) is 11.3 Å². The maximum absolute atomic E-state index is 13.7. The van der Waals surface area contributed by atoms with Gasteiger partial charge in [0.2, 0.25) is 0 Å². The molecular formula is C24H27FN2O3S. The average Bonchev–Trinajstić information content (AvgIpc) is 3.14. The summed E-state index contributed by atoms with van der Waals surface area (Å²) in [6.45, 7) is 10.6. The molecular weight excluding hydrogens is 415 g/mol. The van der Waals surface area contributed by atoms with E-state index in [0.717, 1.165) is 22.5 Å². The third-order valence-electron chi connectivity index (χ3n) is 3.80. The molecule has 0 bridgehead atoms. The molecule has 0 aliphatic rings. The van der Waals surface area contributed by atoms with Crippen molar-refractivity contribution >= 4 is 24.0 Å². The fourth-order valence-electron chi connectivity index (χ4n) is 2.26. The Balaban J connectivity index is 0.000000604. The van der Waals surface area contributed by atoms with Crippen molar-refractivity contribution in [2.24, 2.45) is 4.99 Å². The van der Waals surface area contributed by atoms with E-state index in [0.29, 0.717) is 16.5 Å². The Hall–Kier alpha value is -3.32. The van der Waals surface area contributed by atoms with Gasteiger partial charge in [-0.3, -0.25) is 0 Å². The van der Waals surface area contributed by atoms with Crippen LogP contribution in [0.25, 0.3) is 10.6 Å². The summed E-state index contributed by atoms with van der Waals surface area (Å²) >= 11 is 1.13. The summed E-state index contributed by atoms with van der Waals surface area (Å²) in [4.78, 5) is 18.9. The number of aryl methyl sites for hydroxylation is 2. The Labute approximate surface area is 186 Å². The van der Waals surface area contributed by atoms with E-state index in [-0.39, 0.29) is 10.6 Å². The number of aromatic nitrogens is 1. The van der Waals surface area contributed by atoms with E-state index in [9.17, 15) is 9.18 Å². The number of aliphatic imine (C=N–C) groups is 1. The minimum Gasteiger partial charge on any atom is -0.477 e. The first-order chi connectivity index (χ1) is 14.8. The second-order valence-electron chi connectivity index (χ2n) is 6.23.